The number of rotatable bonds is 5. The molecule has 1 atom stereocenters. The SMILES string of the molecule is CCc1cc(C(=O)O)cc(N2CCCC(CCO)C2)n1. The number of carbonyl (C=O) groups is 1. The van der Waals surface area contributed by atoms with Crippen LogP contribution in [0.25, 0.3) is 0 Å². The molecule has 2 rings (SSSR count). The van der Waals surface area contributed by atoms with Gasteiger partial charge in [0.1, 0.15) is 5.82 Å². The van der Waals surface area contributed by atoms with Gasteiger partial charge in [0.05, 0.1) is 5.56 Å². The van der Waals surface area contributed by atoms with Crippen LogP contribution < -0.4 is 4.90 Å². The molecule has 1 fully saturated rings. The number of aliphatic hydroxyl groups excluding tert-OH is 1. The van der Waals surface area contributed by atoms with Gasteiger partial charge < -0.3 is 15.1 Å². The average molecular weight is 278 g/mol. The third-order valence-corrected chi connectivity index (χ3v) is 3.85. The predicted octanol–water partition coefficient (Wildman–Crippen LogP) is 1.94. The summed E-state index contributed by atoms with van der Waals surface area (Å²) in [4.78, 5) is 17.9. The topological polar surface area (TPSA) is 73.7 Å². The van der Waals surface area contributed by atoms with Crippen molar-refractivity contribution in [1.29, 1.82) is 0 Å². The lowest BCUT2D eigenvalue weighted by atomic mass is 9.95. The van der Waals surface area contributed by atoms with Crippen LogP contribution in [0.3, 0.4) is 0 Å². The molecule has 0 aromatic carbocycles. The summed E-state index contributed by atoms with van der Waals surface area (Å²) in [5.41, 5.74) is 1.11. The Kier molecular flexibility index (Phi) is 4.95. The number of nitrogens with zero attached hydrogens (tertiary/aromatic N) is 2. The molecule has 1 aliphatic heterocycles. The summed E-state index contributed by atoms with van der Waals surface area (Å²) in [5, 5.41) is 18.2. The van der Waals surface area contributed by atoms with Gasteiger partial charge in [0.25, 0.3) is 0 Å². The van der Waals surface area contributed by atoms with Gasteiger partial charge in [0.15, 0.2) is 0 Å². The minimum absolute atomic E-state index is 0.210. The van der Waals surface area contributed by atoms with Crippen LogP contribution in [-0.2, 0) is 6.42 Å². The van der Waals surface area contributed by atoms with Crippen LogP contribution in [0, 0.1) is 5.92 Å². The third-order valence-electron chi connectivity index (χ3n) is 3.85. The Morgan fingerprint density at radius 1 is 1.50 bits per heavy atom. The minimum atomic E-state index is -0.910. The number of anilines is 1. The van der Waals surface area contributed by atoms with E-state index in [4.69, 9.17) is 5.11 Å². The Bertz CT molecular complexity index is 474. The number of carboxylic acid groups (broad SMARTS) is 1. The number of carboxylic acids is 1. The van der Waals surface area contributed by atoms with Crippen molar-refractivity contribution in [2.75, 3.05) is 24.6 Å². The van der Waals surface area contributed by atoms with Crippen LogP contribution in [0.15, 0.2) is 12.1 Å². The Morgan fingerprint density at radius 3 is 2.95 bits per heavy atom. The molecule has 0 saturated carbocycles. The van der Waals surface area contributed by atoms with E-state index in [9.17, 15) is 9.90 Å². The van der Waals surface area contributed by atoms with Gasteiger partial charge in [-0.15, -0.1) is 0 Å². The standard InChI is InChI=1S/C15H22N2O3/c1-2-13-8-12(15(19)20)9-14(16-13)17-6-3-4-11(10-17)5-7-18/h8-9,11,18H,2-7,10H2,1H3,(H,19,20). The van der Waals surface area contributed by atoms with Crippen LogP contribution in [-0.4, -0.2) is 40.9 Å². The molecule has 2 heterocycles. The molecular weight excluding hydrogens is 256 g/mol. The highest BCUT2D eigenvalue weighted by Gasteiger charge is 2.21. The lowest BCUT2D eigenvalue weighted by molar-refractivity contribution is 0.0696. The summed E-state index contributed by atoms with van der Waals surface area (Å²) in [7, 11) is 0. The van der Waals surface area contributed by atoms with E-state index in [1.54, 1.807) is 12.1 Å². The van der Waals surface area contributed by atoms with Crippen LogP contribution in [0.1, 0.15) is 42.2 Å². The molecule has 5 nitrogen and oxygen atoms in total. The fourth-order valence-electron chi connectivity index (χ4n) is 2.73. The molecule has 0 aliphatic carbocycles. The highest BCUT2D eigenvalue weighted by atomic mass is 16.4. The van der Waals surface area contributed by atoms with Gasteiger partial charge in [0, 0.05) is 25.4 Å². The van der Waals surface area contributed by atoms with Gasteiger partial charge in [0.2, 0.25) is 0 Å². The van der Waals surface area contributed by atoms with E-state index in [-0.39, 0.29) is 6.61 Å². The van der Waals surface area contributed by atoms with Gasteiger partial charge in [-0.3, -0.25) is 0 Å². The largest absolute Gasteiger partial charge is 0.478 e. The average Bonchev–Trinajstić information content (AvgIpc) is 2.47. The number of hydrogen-bond acceptors (Lipinski definition) is 4. The quantitative estimate of drug-likeness (QED) is 0.861. The van der Waals surface area contributed by atoms with E-state index in [2.05, 4.69) is 9.88 Å². The summed E-state index contributed by atoms with van der Waals surface area (Å²) in [6.45, 7) is 3.94. The molecule has 1 aliphatic rings. The fraction of sp³-hybridized carbons (Fsp3) is 0.600. The molecular formula is C15H22N2O3. The smallest absolute Gasteiger partial charge is 0.335 e. The van der Waals surface area contributed by atoms with Crippen molar-refractivity contribution in [3.63, 3.8) is 0 Å². The maximum Gasteiger partial charge on any atom is 0.335 e. The van der Waals surface area contributed by atoms with Crippen molar-refractivity contribution in [2.45, 2.75) is 32.6 Å². The van der Waals surface area contributed by atoms with Gasteiger partial charge in [-0.25, -0.2) is 9.78 Å². The first kappa shape index (κ1) is 14.8. The number of aliphatic hydroxyl groups is 1. The van der Waals surface area contributed by atoms with Crippen molar-refractivity contribution in [3.05, 3.63) is 23.4 Å². The highest BCUT2D eigenvalue weighted by Crippen LogP contribution is 2.25. The summed E-state index contributed by atoms with van der Waals surface area (Å²) in [5.74, 6) is 0.311. The van der Waals surface area contributed by atoms with E-state index < -0.39 is 5.97 Å². The summed E-state index contributed by atoms with van der Waals surface area (Å²) >= 11 is 0. The van der Waals surface area contributed by atoms with Crippen LogP contribution in [0.5, 0.6) is 0 Å². The second-order valence-corrected chi connectivity index (χ2v) is 5.33. The number of aromatic nitrogens is 1. The number of piperidine rings is 1. The van der Waals surface area contributed by atoms with Crippen molar-refractivity contribution in [3.8, 4) is 0 Å². The summed E-state index contributed by atoms with van der Waals surface area (Å²) in [6, 6.07) is 3.30. The van der Waals surface area contributed by atoms with Gasteiger partial charge in [-0.05, 0) is 43.7 Å². The Morgan fingerprint density at radius 2 is 2.30 bits per heavy atom. The first-order chi connectivity index (χ1) is 9.63. The molecule has 110 valence electrons. The van der Waals surface area contributed by atoms with E-state index in [1.165, 1.54) is 0 Å². The number of hydrogen-bond donors (Lipinski definition) is 2. The van der Waals surface area contributed by atoms with E-state index in [0.717, 1.165) is 50.3 Å². The number of aromatic carboxylic acids is 1. The van der Waals surface area contributed by atoms with E-state index >= 15 is 0 Å². The highest BCUT2D eigenvalue weighted by molar-refractivity contribution is 5.88. The molecule has 0 radical (unpaired) electrons. The maximum absolute atomic E-state index is 11.2. The molecule has 5 heteroatoms. The normalized spacial score (nSPS) is 19.1. The maximum atomic E-state index is 11.2. The zero-order valence-corrected chi connectivity index (χ0v) is 11.9. The Labute approximate surface area is 119 Å². The van der Waals surface area contributed by atoms with Crippen molar-refractivity contribution in [1.82, 2.24) is 4.98 Å². The van der Waals surface area contributed by atoms with Gasteiger partial charge in [-0.2, -0.15) is 0 Å². The van der Waals surface area contributed by atoms with Crippen LogP contribution in [0.4, 0.5) is 5.82 Å². The molecule has 20 heavy (non-hydrogen) atoms. The lowest BCUT2D eigenvalue weighted by Gasteiger charge is -2.33. The fourth-order valence-corrected chi connectivity index (χ4v) is 2.73. The molecule has 1 saturated heterocycles. The second-order valence-electron chi connectivity index (χ2n) is 5.33. The molecule has 1 unspecified atom stereocenters. The van der Waals surface area contributed by atoms with Crippen LogP contribution >= 0.6 is 0 Å². The number of pyridine rings is 1. The molecule has 1 aromatic heterocycles. The van der Waals surface area contributed by atoms with Crippen LogP contribution in [0.2, 0.25) is 0 Å². The Hall–Kier alpha value is -1.62. The van der Waals surface area contributed by atoms with E-state index in [0.29, 0.717) is 11.5 Å². The minimum Gasteiger partial charge on any atom is -0.478 e. The molecule has 1 aromatic rings. The first-order valence-corrected chi connectivity index (χ1v) is 7.24. The summed E-state index contributed by atoms with van der Waals surface area (Å²) < 4.78 is 0. The molecule has 0 spiro atoms. The first-order valence-electron chi connectivity index (χ1n) is 7.24. The lowest BCUT2D eigenvalue weighted by Crippen LogP contribution is -2.36. The van der Waals surface area contributed by atoms with E-state index in [1.807, 2.05) is 6.92 Å². The Balaban J connectivity index is 2.22. The van der Waals surface area contributed by atoms with Crippen molar-refractivity contribution >= 4 is 11.8 Å². The molecule has 0 bridgehead atoms. The monoisotopic (exact) mass is 278 g/mol. The summed E-state index contributed by atoms with van der Waals surface area (Å²) in [6.07, 6.45) is 3.71. The number of aryl methyl sites for hydroxylation is 1. The zero-order chi connectivity index (χ0) is 14.5. The zero-order valence-electron chi connectivity index (χ0n) is 11.9. The van der Waals surface area contributed by atoms with Gasteiger partial charge in [-0.1, -0.05) is 6.92 Å². The van der Waals surface area contributed by atoms with Gasteiger partial charge >= 0.3 is 5.97 Å². The van der Waals surface area contributed by atoms with Crippen molar-refractivity contribution < 1.29 is 15.0 Å². The molecule has 0 amide bonds. The third kappa shape index (κ3) is 3.48. The predicted molar refractivity (Wildman–Crippen MR) is 77.2 cm³/mol. The second kappa shape index (κ2) is 6.70. The molecule has 2 N–H and O–H groups in total. The van der Waals surface area contributed by atoms with Crippen molar-refractivity contribution in [2.24, 2.45) is 5.92 Å².